The van der Waals surface area contributed by atoms with E-state index in [1.54, 1.807) is 24.3 Å². The highest BCUT2D eigenvalue weighted by Gasteiger charge is 2.25. The number of rotatable bonds is 13. The molecule has 3 rings (SSSR count). The molecule has 0 fully saturated rings. The molecule has 7 heteroatoms. The molecule has 0 bridgehead atoms. The van der Waals surface area contributed by atoms with Crippen LogP contribution in [-0.4, -0.2) is 44.0 Å². The van der Waals surface area contributed by atoms with Crippen molar-refractivity contribution in [3.05, 3.63) is 60.4 Å². The molecular formula is C26H37ClN2O3S. The summed E-state index contributed by atoms with van der Waals surface area (Å²) in [6, 6.07) is 12.5. The van der Waals surface area contributed by atoms with Gasteiger partial charge >= 0.3 is 0 Å². The third-order valence-electron chi connectivity index (χ3n) is 5.82. The number of aryl methyl sites for hydroxylation is 1. The minimum absolute atomic E-state index is 0. The zero-order valence-corrected chi connectivity index (χ0v) is 21.6. The van der Waals surface area contributed by atoms with Crippen LogP contribution < -0.4 is 4.74 Å². The van der Waals surface area contributed by atoms with Gasteiger partial charge in [0.15, 0.2) is 0 Å². The van der Waals surface area contributed by atoms with Gasteiger partial charge < -0.3 is 9.14 Å². The van der Waals surface area contributed by atoms with E-state index < -0.39 is 9.84 Å². The summed E-state index contributed by atoms with van der Waals surface area (Å²) in [5, 5.41) is 0. The first kappa shape index (κ1) is 27.2. The molecule has 0 spiro atoms. The van der Waals surface area contributed by atoms with Crippen LogP contribution in [0.2, 0.25) is 0 Å². The van der Waals surface area contributed by atoms with Crippen molar-refractivity contribution in [1.29, 1.82) is 0 Å². The van der Waals surface area contributed by atoms with E-state index in [0.717, 1.165) is 25.2 Å². The van der Waals surface area contributed by atoms with E-state index >= 15 is 0 Å². The predicted octanol–water partition coefficient (Wildman–Crippen LogP) is 6.04. The van der Waals surface area contributed by atoms with Gasteiger partial charge in [-0.2, -0.15) is 0 Å². The molecule has 0 N–H and O–H groups in total. The molecule has 33 heavy (non-hydrogen) atoms. The van der Waals surface area contributed by atoms with Crippen LogP contribution in [-0.2, 0) is 16.3 Å². The molecule has 0 saturated carbocycles. The normalized spacial score (nSPS) is 11.6. The van der Waals surface area contributed by atoms with Crippen LogP contribution in [0.15, 0.2) is 64.6 Å². The lowest BCUT2D eigenvalue weighted by Gasteiger charge is -2.22. The summed E-state index contributed by atoms with van der Waals surface area (Å²) < 4.78 is 34.7. The van der Waals surface area contributed by atoms with Crippen LogP contribution in [0.4, 0.5) is 0 Å². The van der Waals surface area contributed by atoms with Crippen LogP contribution in [0.1, 0.15) is 52.0 Å². The lowest BCUT2D eigenvalue weighted by molar-refractivity contribution is 0.204. The number of ether oxygens (including phenoxy) is 1. The van der Waals surface area contributed by atoms with Gasteiger partial charge in [0, 0.05) is 18.9 Å². The zero-order chi connectivity index (χ0) is 23.0. The first-order valence-corrected chi connectivity index (χ1v) is 13.3. The fraction of sp³-hybridized carbons (Fsp3) is 0.462. The largest absolute Gasteiger partial charge is 0.492 e. The van der Waals surface area contributed by atoms with Crippen LogP contribution in [0.25, 0.3) is 5.52 Å². The van der Waals surface area contributed by atoms with Gasteiger partial charge in [-0.3, -0.25) is 4.90 Å². The summed E-state index contributed by atoms with van der Waals surface area (Å²) in [5.41, 5.74) is 1.54. The molecule has 0 amide bonds. The van der Waals surface area contributed by atoms with Gasteiger partial charge in [0.05, 0.1) is 10.4 Å². The maximum absolute atomic E-state index is 13.4. The van der Waals surface area contributed by atoms with Crippen molar-refractivity contribution in [3.63, 3.8) is 0 Å². The van der Waals surface area contributed by atoms with Crippen molar-refractivity contribution in [1.82, 2.24) is 9.30 Å². The molecule has 2 heterocycles. The second-order valence-corrected chi connectivity index (χ2v) is 10.1. The van der Waals surface area contributed by atoms with Crippen LogP contribution in [0.3, 0.4) is 0 Å². The molecule has 5 nitrogen and oxygen atoms in total. The Kier molecular flexibility index (Phi) is 10.7. The Labute approximate surface area is 205 Å². The highest BCUT2D eigenvalue weighted by molar-refractivity contribution is 7.91. The van der Waals surface area contributed by atoms with E-state index in [4.69, 9.17) is 4.74 Å². The summed E-state index contributed by atoms with van der Waals surface area (Å²) in [6.45, 7) is 10.1. The molecule has 0 unspecified atom stereocenters. The number of unbranched alkanes of at least 4 members (excludes halogenated alkanes) is 2. The van der Waals surface area contributed by atoms with E-state index in [0.29, 0.717) is 34.1 Å². The first-order valence-electron chi connectivity index (χ1n) is 11.8. The summed E-state index contributed by atoms with van der Waals surface area (Å²) in [4.78, 5) is 3.15. The zero-order valence-electron chi connectivity index (χ0n) is 20.0. The van der Waals surface area contributed by atoms with Gasteiger partial charge in [-0.25, -0.2) is 8.42 Å². The maximum atomic E-state index is 13.4. The SMILES string of the molecule is CCCCN(CCCC)CCOc1ccc(S(=O)(=O)c2c(CC)cn3ccccc23)cc1.Cl. The number of halogens is 1. The Bertz CT molecular complexity index is 1090. The van der Waals surface area contributed by atoms with E-state index in [9.17, 15) is 8.42 Å². The van der Waals surface area contributed by atoms with Crippen molar-refractivity contribution >= 4 is 27.8 Å². The Morgan fingerprint density at radius 1 is 0.909 bits per heavy atom. The first-order chi connectivity index (χ1) is 15.5. The minimum Gasteiger partial charge on any atom is -0.492 e. The van der Waals surface area contributed by atoms with E-state index in [1.165, 1.54) is 25.7 Å². The molecule has 1 aromatic carbocycles. The van der Waals surface area contributed by atoms with Gasteiger partial charge in [-0.1, -0.05) is 39.7 Å². The number of pyridine rings is 1. The lowest BCUT2D eigenvalue weighted by atomic mass is 10.2. The van der Waals surface area contributed by atoms with Crippen molar-refractivity contribution in [2.24, 2.45) is 0 Å². The molecule has 0 saturated heterocycles. The average molecular weight is 493 g/mol. The van der Waals surface area contributed by atoms with Gasteiger partial charge in [-0.05, 0) is 74.3 Å². The number of benzene rings is 1. The fourth-order valence-electron chi connectivity index (χ4n) is 3.94. The van der Waals surface area contributed by atoms with Crippen LogP contribution in [0.5, 0.6) is 5.75 Å². The van der Waals surface area contributed by atoms with Crippen molar-refractivity contribution < 1.29 is 13.2 Å². The monoisotopic (exact) mass is 492 g/mol. The molecule has 2 aromatic heterocycles. The highest BCUT2D eigenvalue weighted by atomic mass is 35.5. The minimum atomic E-state index is -3.62. The summed E-state index contributed by atoms with van der Waals surface area (Å²) in [6.07, 6.45) is 9.23. The predicted molar refractivity (Wildman–Crippen MR) is 138 cm³/mol. The average Bonchev–Trinajstić information content (AvgIpc) is 3.20. The van der Waals surface area contributed by atoms with Gasteiger partial charge in [-0.15, -0.1) is 12.4 Å². The summed E-state index contributed by atoms with van der Waals surface area (Å²) in [7, 11) is -3.62. The van der Waals surface area contributed by atoms with E-state index in [-0.39, 0.29) is 12.4 Å². The number of aromatic nitrogens is 1. The molecule has 0 aliphatic rings. The number of nitrogens with zero attached hydrogens (tertiary/aromatic N) is 2. The van der Waals surface area contributed by atoms with Gasteiger partial charge in [0.25, 0.3) is 0 Å². The Morgan fingerprint density at radius 3 is 2.18 bits per heavy atom. The van der Waals surface area contributed by atoms with Crippen LogP contribution >= 0.6 is 12.4 Å². The third-order valence-corrected chi connectivity index (χ3v) is 7.73. The second-order valence-electron chi connectivity index (χ2n) is 8.20. The number of fused-ring (bicyclic) bond motifs is 1. The molecule has 0 atom stereocenters. The quantitative estimate of drug-likeness (QED) is 0.292. The van der Waals surface area contributed by atoms with Crippen molar-refractivity contribution in [2.45, 2.75) is 62.7 Å². The van der Waals surface area contributed by atoms with Crippen LogP contribution in [0, 0.1) is 0 Å². The van der Waals surface area contributed by atoms with E-state index in [2.05, 4.69) is 18.7 Å². The molecular weight excluding hydrogens is 456 g/mol. The fourth-order valence-corrected chi connectivity index (χ4v) is 5.66. The molecule has 3 aromatic rings. The number of sulfone groups is 1. The Hall–Kier alpha value is -2.02. The molecule has 182 valence electrons. The van der Waals surface area contributed by atoms with E-state index in [1.807, 2.05) is 41.9 Å². The third kappa shape index (κ3) is 6.75. The van der Waals surface area contributed by atoms with Gasteiger partial charge in [0.2, 0.25) is 9.84 Å². The Morgan fingerprint density at radius 2 is 1.58 bits per heavy atom. The summed E-state index contributed by atoms with van der Waals surface area (Å²) in [5.74, 6) is 0.701. The topological polar surface area (TPSA) is 51.0 Å². The smallest absolute Gasteiger partial charge is 0.208 e. The Balaban J connectivity index is 0.00000385. The molecule has 0 aliphatic heterocycles. The highest BCUT2D eigenvalue weighted by Crippen LogP contribution is 2.31. The second kappa shape index (κ2) is 13.0. The van der Waals surface area contributed by atoms with Crippen molar-refractivity contribution in [3.8, 4) is 5.75 Å². The standard InChI is InChI=1S/C26H36N2O3S.ClH/c1-4-7-16-27(17-8-5-2)19-20-31-23-12-14-24(15-13-23)32(29,30)26-22(6-3)21-28-18-10-9-11-25(26)28;/h9-15,18,21H,4-8,16-17,19-20H2,1-3H3;1H. The number of hydrogen-bond donors (Lipinski definition) is 0. The molecule has 0 aliphatic carbocycles. The maximum Gasteiger partial charge on any atom is 0.208 e. The lowest BCUT2D eigenvalue weighted by Crippen LogP contribution is -2.30. The number of hydrogen-bond acceptors (Lipinski definition) is 4. The van der Waals surface area contributed by atoms with Crippen molar-refractivity contribution in [2.75, 3.05) is 26.2 Å². The molecule has 0 radical (unpaired) electrons. The summed E-state index contributed by atoms with van der Waals surface area (Å²) >= 11 is 0. The van der Waals surface area contributed by atoms with Gasteiger partial charge in [0.1, 0.15) is 17.3 Å².